The Labute approximate surface area is 97.1 Å². The molecule has 0 spiro atoms. The number of rotatable bonds is 4. The number of aromatic hydroxyl groups is 1. The quantitative estimate of drug-likeness (QED) is 0.819. The first kappa shape index (κ1) is 12.7. The molecule has 0 heterocycles. The molecule has 0 aliphatic carbocycles. The highest BCUT2D eigenvalue weighted by Crippen LogP contribution is 2.19. The van der Waals surface area contributed by atoms with Gasteiger partial charge in [-0.3, -0.25) is 9.00 Å². The monoisotopic (exact) mass is 241 g/mol. The van der Waals surface area contributed by atoms with Crippen LogP contribution in [0.2, 0.25) is 0 Å². The lowest BCUT2D eigenvalue weighted by Gasteiger charge is -2.07. The van der Waals surface area contributed by atoms with Gasteiger partial charge < -0.3 is 10.4 Å². The summed E-state index contributed by atoms with van der Waals surface area (Å²) < 4.78 is 10.8. The number of nitrogens with one attached hydrogen (secondary N) is 1. The van der Waals surface area contributed by atoms with E-state index in [9.17, 15) is 14.1 Å². The number of phenolic OH excluding ortho intramolecular Hbond substituents is 1. The van der Waals surface area contributed by atoms with Crippen molar-refractivity contribution in [3.05, 3.63) is 29.3 Å². The van der Waals surface area contributed by atoms with E-state index in [1.807, 2.05) is 0 Å². The molecule has 1 aromatic rings. The van der Waals surface area contributed by atoms with Crippen molar-refractivity contribution in [2.45, 2.75) is 6.92 Å². The van der Waals surface area contributed by atoms with E-state index >= 15 is 0 Å². The first-order chi connectivity index (χ1) is 7.52. The molecule has 1 rings (SSSR count). The molecule has 1 unspecified atom stereocenters. The predicted molar refractivity (Wildman–Crippen MR) is 64.1 cm³/mol. The van der Waals surface area contributed by atoms with E-state index in [0.717, 1.165) is 0 Å². The fourth-order valence-corrected chi connectivity index (χ4v) is 1.66. The Kier molecular flexibility index (Phi) is 4.49. The SMILES string of the molecule is Cc1c(O)cccc1C(=O)NCCS(C)=O. The highest BCUT2D eigenvalue weighted by molar-refractivity contribution is 7.84. The molecule has 1 atom stereocenters. The minimum absolute atomic E-state index is 0.103. The minimum Gasteiger partial charge on any atom is -0.508 e. The summed E-state index contributed by atoms with van der Waals surface area (Å²) in [4.78, 5) is 11.7. The van der Waals surface area contributed by atoms with Gasteiger partial charge in [-0.25, -0.2) is 0 Å². The maximum Gasteiger partial charge on any atom is 0.251 e. The average Bonchev–Trinajstić information content (AvgIpc) is 2.21. The average molecular weight is 241 g/mol. The number of hydrogen-bond donors (Lipinski definition) is 2. The molecule has 0 aliphatic heterocycles. The van der Waals surface area contributed by atoms with Crippen molar-refractivity contribution in [1.82, 2.24) is 5.32 Å². The third kappa shape index (κ3) is 3.34. The molecule has 0 aromatic heterocycles. The molecular weight excluding hydrogens is 226 g/mol. The maximum atomic E-state index is 11.7. The zero-order valence-corrected chi connectivity index (χ0v) is 10.1. The Balaban J connectivity index is 2.66. The van der Waals surface area contributed by atoms with Gasteiger partial charge in [0.1, 0.15) is 5.75 Å². The summed E-state index contributed by atoms with van der Waals surface area (Å²) in [6.07, 6.45) is 1.59. The van der Waals surface area contributed by atoms with Gasteiger partial charge in [0.05, 0.1) is 0 Å². The zero-order chi connectivity index (χ0) is 12.1. The van der Waals surface area contributed by atoms with E-state index in [0.29, 0.717) is 23.4 Å². The van der Waals surface area contributed by atoms with Gasteiger partial charge in [-0.1, -0.05) is 6.07 Å². The normalized spacial score (nSPS) is 12.1. The molecule has 1 amide bonds. The van der Waals surface area contributed by atoms with Gasteiger partial charge in [-0.15, -0.1) is 0 Å². The third-order valence-electron chi connectivity index (χ3n) is 2.22. The highest BCUT2D eigenvalue weighted by atomic mass is 32.2. The second-order valence-electron chi connectivity index (χ2n) is 3.48. The van der Waals surface area contributed by atoms with E-state index in [1.165, 1.54) is 6.07 Å². The Hall–Kier alpha value is -1.36. The van der Waals surface area contributed by atoms with Crippen LogP contribution in [0.25, 0.3) is 0 Å². The fourth-order valence-electron chi connectivity index (χ4n) is 1.27. The summed E-state index contributed by atoms with van der Waals surface area (Å²) in [5.74, 6) is 0.287. The van der Waals surface area contributed by atoms with Crippen molar-refractivity contribution < 1.29 is 14.1 Å². The van der Waals surface area contributed by atoms with E-state index < -0.39 is 10.8 Å². The second kappa shape index (κ2) is 5.65. The van der Waals surface area contributed by atoms with Crippen LogP contribution >= 0.6 is 0 Å². The van der Waals surface area contributed by atoms with Crippen LogP contribution in [-0.4, -0.2) is 33.8 Å². The Morgan fingerprint density at radius 3 is 2.81 bits per heavy atom. The van der Waals surface area contributed by atoms with E-state index in [4.69, 9.17) is 0 Å². The van der Waals surface area contributed by atoms with Gasteiger partial charge in [0.25, 0.3) is 5.91 Å². The van der Waals surface area contributed by atoms with Crippen LogP contribution in [-0.2, 0) is 10.8 Å². The number of phenols is 1. The van der Waals surface area contributed by atoms with E-state index in [-0.39, 0.29) is 11.7 Å². The number of benzene rings is 1. The van der Waals surface area contributed by atoms with Crippen molar-refractivity contribution in [1.29, 1.82) is 0 Å². The summed E-state index contributed by atoms with van der Waals surface area (Å²) in [6, 6.07) is 4.80. The van der Waals surface area contributed by atoms with Crippen LogP contribution in [0, 0.1) is 6.92 Å². The van der Waals surface area contributed by atoms with Crippen LogP contribution in [0.5, 0.6) is 5.75 Å². The Morgan fingerprint density at radius 1 is 1.50 bits per heavy atom. The number of carbonyl (C=O) groups excluding carboxylic acids is 1. The zero-order valence-electron chi connectivity index (χ0n) is 9.32. The minimum atomic E-state index is -0.912. The summed E-state index contributed by atoms with van der Waals surface area (Å²) >= 11 is 0. The molecule has 0 fully saturated rings. The number of carbonyl (C=O) groups is 1. The molecule has 1 aromatic carbocycles. The highest BCUT2D eigenvalue weighted by Gasteiger charge is 2.10. The van der Waals surface area contributed by atoms with Crippen molar-refractivity contribution in [3.63, 3.8) is 0 Å². The molecule has 5 heteroatoms. The van der Waals surface area contributed by atoms with Gasteiger partial charge in [-0.2, -0.15) is 0 Å². The van der Waals surface area contributed by atoms with Crippen molar-refractivity contribution in [3.8, 4) is 5.75 Å². The van der Waals surface area contributed by atoms with Gasteiger partial charge in [-0.05, 0) is 19.1 Å². The van der Waals surface area contributed by atoms with Crippen molar-refractivity contribution >= 4 is 16.7 Å². The molecule has 0 radical (unpaired) electrons. The molecule has 88 valence electrons. The lowest BCUT2D eigenvalue weighted by atomic mass is 10.1. The lowest BCUT2D eigenvalue weighted by Crippen LogP contribution is -2.28. The molecule has 0 bridgehead atoms. The second-order valence-corrected chi connectivity index (χ2v) is 5.04. The topological polar surface area (TPSA) is 66.4 Å². The van der Waals surface area contributed by atoms with Crippen molar-refractivity contribution in [2.24, 2.45) is 0 Å². The van der Waals surface area contributed by atoms with Crippen molar-refractivity contribution in [2.75, 3.05) is 18.6 Å². The van der Waals surface area contributed by atoms with Gasteiger partial charge in [0.2, 0.25) is 0 Å². The predicted octanol–water partition coefficient (Wildman–Crippen LogP) is 0.809. The molecule has 0 saturated heterocycles. The summed E-state index contributed by atoms with van der Waals surface area (Å²) in [5, 5.41) is 12.1. The number of hydrogen-bond acceptors (Lipinski definition) is 3. The molecule has 4 nitrogen and oxygen atoms in total. The fraction of sp³-hybridized carbons (Fsp3) is 0.364. The largest absolute Gasteiger partial charge is 0.508 e. The number of amides is 1. The van der Waals surface area contributed by atoms with Gasteiger partial charge in [0.15, 0.2) is 0 Å². The van der Waals surface area contributed by atoms with Crippen LogP contribution in [0.3, 0.4) is 0 Å². The van der Waals surface area contributed by atoms with Gasteiger partial charge in [0, 0.05) is 40.5 Å². The molecule has 16 heavy (non-hydrogen) atoms. The van der Waals surface area contributed by atoms with Crippen LogP contribution in [0.1, 0.15) is 15.9 Å². The Bertz CT molecular complexity index is 418. The van der Waals surface area contributed by atoms with Crippen LogP contribution < -0.4 is 5.32 Å². The molecule has 2 N–H and O–H groups in total. The summed E-state index contributed by atoms with van der Waals surface area (Å²) in [5.41, 5.74) is 1.000. The smallest absolute Gasteiger partial charge is 0.251 e. The first-order valence-corrected chi connectivity index (χ1v) is 6.62. The summed E-state index contributed by atoms with van der Waals surface area (Å²) in [6.45, 7) is 2.05. The summed E-state index contributed by atoms with van der Waals surface area (Å²) in [7, 11) is -0.912. The van der Waals surface area contributed by atoms with E-state index in [2.05, 4.69) is 5.32 Å². The molecule has 0 aliphatic rings. The maximum absolute atomic E-state index is 11.7. The Morgan fingerprint density at radius 2 is 2.19 bits per heavy atom. The van der Waals surface area contributed by atoms with Gasteiger partial charge >= 0.3 is 0 Å². The lowest BCUT2D eigenvalue weighted by molar-refractivity contribution is 0.0955. The standard InChI is InChI=1S/C11H15NO3S/c1-8-9(4-3-5-10(8)13)11(14)12-6-7-16(2)15/h3-5,13H,6-7H2,1-2H3,(H,12,14). The van der Waals surface area contributed by atoms with Crippen LogP contribution in [0.4, 0.5) is 0 Å². The van der Waals surface area contributed by atoms with Crippen LogP contribution in [0.15, 0.2) is 18.2 Å². The van der Waals surface area contributed by atoms with E-state index in [1.54, 1.807) is 25.3 Å². The molecule has 0 saturated carbocycles. The first-order valence-electron chi connectivity index (χ1n) is 4.89. The third-order valence-corrected chi connectivity index (χ3v) is 3.00. The molecular formula is C11H15NO3S.